The van der Waals surface area contributed by atoms with Crippen LogP contribution in [0.25, 0.3) is 0 Å². The number of benzene rings is 1. The third-order valence-corrected chi connectivity index (χ3v) is 5.57. The molecule has 0 saturated heterocycles. The molecule has 0 atom stereocenters. The summed E-state index contributed by atoms with van der Waals surface area (Å²) >= 11 is 0. The van der Waals surface area contributed by atoms with Gasteiger partial charge in [0, 0.05) is 28.9 Å². The van der Waals surface area contributed by atoms with Crippen molar-refractivity contribution in [1.82, 2.24) is 9.78 Å². The lowest BCUT2D eigenvalue weighted by Crippen LogP contribution is -2.33. The standard InChI is InChI=1S/C19H20F3N3O/c1-12-14(13(2)25(23-12)11-19(20,21)22)9-17(26)24-10-18(7-8-18)15-5-3-4-6-16(15)24/h3-6H,7-11H2,1-2H3. The molecule has 1 aliphatic carbocycles. The number of hydrogen-bond donors (Lipinski definition) is 0. The van der Waals surface area contributed by atoms with Crippen molar-refractivity contribution in [1.29, 1.82) is 0 Å². The van der Waals surface area contributed by atoms with Gasteiger partial charge in [0.2, 0.25) is 5.91 Å². The molecule has 2 aliphatic rings. The summed E-state index contributed by atoms with van der Waals surface area (Å²) in [5.74, 6) is -0.0843. The van der Waals surface area contributed by atoms with Crippen LogP contribution in [0, 0.1) is 13.8 Å². The van der Waals surface area contributed by atoms with E-state index in [9.17, 15) is 18.0 Å². The largest absolute Gasteiger partial charge is 0.408 e. The summed E-state index contributed by atoms with van der Waals surface area (Å²) in [5, 5.41) is 3.99. The number of aromatic nitrogens is 2. The van der Waals surface area contributed by atoms with E-state index in [1.54, 1.807) is 18.7 Å². The van der Waals surface area contributed by atoms with Crippen LogP contribution < -0.4 is 4.90 Å². The number of amides is 1. The molecular weight excluding hydrogens is 343 g/mol. The number of carbonyl (C=O) groups excluding carboxylic acids is 1. The Kier molecular flexibility index (Phi) is 3.68. The maximum Gasteiger partial charge on any atom is 0.408 e. The second-order valence-electron chi connectivity index (χ2n) is 7.38. The fourth-order valence-electron chi connectivity index (χ4n) is 3.99. The van der Waals surface area contributed by atoms with Gasteiger partial charge in [0.15, 0.2) is 0 Å². The Morgan fingerprint density at radius 1 is 1.23 bits per heavy atom. The third-order valence-electron chi connectivity index (χ3n) is 5.57. The second-order valence-corrected chi connectivity index (χ2v) is 7.38. The number of rotatable bonds is 3. The minimum atomic E-state index is -4.34. The quantitative estimate of drug-likeness (QED) is 0.834. The highest BCUT2D eigenvalue weighted by Crippen LogP contribution is 2.56. The molecule has 1 saturated carbocycles. The number of fused-ring (bicyclic) bond motifs is 2. The van der Waals surface area contributed by atoms with Crippen LogP contribution >= 0.6 is 0 Å². The highest BCUT2D eigenvalue weighted by molar-refractivity contribution is 5.98. The molecule has 2 aromatic rings. The third kappa shape index (κ3) is 2.79. The van der Waals surface area contributed by atoms with E-state index in [1.807, 2.05) is 18.2 Å². The van der Waals surface area contributed by atoms with E-state index in [2.05, 4.69) is 11.2 Å². The highest BCUT2D eigenvalue weighted by atomic mass is 19.4. The molecule has 0 bridgehead atoms. The molecule has 4 nitrogen and oxygen atoms in total. The van der Waals surface area contributed by atoms with Gasteiger partial charge in [0.05, 0.1) is 12.1 Å². The summed E-state index contributed by atoms with van der Waals surface area (Å²) < 4.78 is 39.0. The summed E-state index contributed by atoms with van der Waals surface area (Å²) in [6.07, 6.45) is -2.11. The minimum absolute atomic E-state index is 0.0694. The lowest BCUT2D eigenvalue weighted by atomic mass is 9.99. The molecule has 138 valence electrons. The summed E-state index contributed by atoms with van der Waals surface area (Å²) in [4.78, 5) is 14.8. The van der Waals surface area contributed by atoms with Gasteiger partial charge in [-0.05, 0) is 38.3 Å². The highest BCUT2D eigenvalue weighted by Gasteiger charge is 2.52. The van der Waals surface area contributed by atoms with E-state index in [0.29, 0.717) is 23.5 Å². The fourth-order valence-corrected chi connectivity index (χ4v) is 3.99. The van der Waals surface area contributed by atoms with Crippen LogP contribution in [0.3, 0.4) is 0 Å². The molecule has 1 fully saturated rings. The van der Waals surface area contributed by atoms with Crippen molar-refractivity contribution < 1.29 is 18.0 Å². The van der Waals surface area contributed by atoms with Gasteiger partial charge >= 0.3 is 6.18 Å². The van der Waals surface area contributed by atoms with Gasteiger partial charge in [-0.3, -0.25) is 9.48 Å². The molecule has 26 heavy (non-hydrogen) atoms. The number of nitrogens with zero attached hydrogens (tertiary/aromatic N) is 3. The second kappa shape index (κ2) is 5.59. The summed E-state index contributed by atoms with van der Waals surface area (Å²) in [6.45, 7) is 2.78. The fraction of sp³-hybridized carbons (Fsp3) is 0.474. The molecule has 1 aliphatic heterocycles. The van der Waals surface area contributed by atoms with E-state index in [0.717, 1.165) is 23.2 Å². The van der Waals surface area contributed by atoms with Crippen molar-refractivity contribution in [2.75, 3.05) is 11.4 Å². The van der Waals surface area contributed by atoms with Crippen molar-refractivity contribution in [3.8, 4) is 0 Å². The van der Waals surface area contributed by atoms with Crippen LogP contribution in [0.5, 0.6) is 0 Å². The maximum absolute atomic E-state index is 13.0. The zero-order valence-electron chi connectivity index (χ0n) is 14.7. The Balaban J connectivity index is 1.58. The van der Waals surface area contributed by atoms with Gasteiger partial charge in [-0.2, -0.15) is 18.3 Å². The SMILES string of the molecule is Cc1nn(CC(F)(F)F)c(C)c1CC(=O)N1CC2(CC2)c2ccccc21. The first-order chi connectivity index (χ1) is 12.2. The Morgan fingerprint density at radius 3 is 2.58 bits per heavy atom. The van der Waals surface area contributed by atoms with Crippen LogP contribution in [0.1, 0.15) is 35.4 Å². The van der Waals surface area contributed by atoms with E-state index in [1.165, 1.54) is 5.56 Å². The van der Waals surface area contributed by atoms with E-state index >= 15 is 0 Å². The van der Waals surface area contributed by atoms with Crippen LogP contribution in [0.4, 0.5) is 18.9 Å². The molecular formula is C19H20F3N3O. The van der Waals surface area contributed by atoms with Crippen molar-refractivity contribution >= 4 is 11.6 Å². The van der Waals surface area contributed by atoms with Crippen LogP contribution in [0.15, 0.2) is 24.3 Å². The summed E-state index contributed by atoms with van der Waals surface area (Å²) in [7, 11) is 0. The number of hydrogen-bond acceptors (Lipinski definition) is 2. The van der Waals surface area contributed by atoms with Gasteiger partial charge in [0.25, 0.3) is 0 Å². The number of anilines is 1. The van der Waals surface area contributed by atoms with Gasteiger partial charge < -0.3 is 4.90 Å². The molecule has 1 aromatic heterocycles. The molecule has 1 aromatic carbocycles. The number of alkyl halides is 3. The van der Waals surface area contributed by atoms with Crippen molar-refractivity contribution in [2.45, 2.75) is 51.2 Å². The van der Waals surface area contributed by atoms with Crippen molar-refractivity contribution in [2.24, 2.45) is 0 Å². The van der Waals surface area contributed by atoms with Gasteiger partial charge in [-0.1, -0.05) is 18.2 Å². The molecule has 0 radical (unpaired) electrons. The number of carbonyl (C=O) groups is 1. The topological polar surface area (TPSA) is 38.1 Å². The Morgan fingerprint density at radius 2 is 1.92 bits per heavy atom. The number of aryl methyl sites for hydroxylation is 1. The Bertz CT molecular complexity index is 881. The molecule has 1 amide bonds. The minimum Gasteiger partial charge on any atom is -0.311 e. The van der Waals surface area contributed by atoms with Crippen molar-refractivity contribution in [3.63, 3.8) is 0 Å². The lowest BCUT2D eigenvalue weighted by molar-refractivity contribution is -0.142. The first kappa shape index (κ1) is 17.1. The summed E-state index contributed by atoms with van der Waals surface area (Å²) in [5.41, 5.74) is 3.73. The first-order valence-corrected chi connectivity index (χ1v) is 8.70. The number of para-hydroxylation sites is 1. The van der Waals surface area contributed by atoms with E-state index in [-0.39, 0.29) is 17.7 Å². The molecule has 0 N–H and O–H groups in total. The van der Waals surface area contributed by atoms with E-state index < -0.39 is 12.7 Å². The van der Waals surface area contributed by atoms with Crippen LogP contribution in [0.2, 0.25) is 0 Å². The Hall–Kier alpha value is -2.31. The molecule has 7 heteroatoms. The lowest BCUT2D eigenvalue weighted by Gasteiger charge is -2.18. The Labute approximate surface area is 149 Å². The smallest absolute Gasteiger partial charge is 0.311 e. The van der Waals surface area contributed by atoms with Gasteiger partial charge in [-0.25, -0.2) is 0 Å². The molecule has 2 heterocycles. The van der Waals surface area contributed by atoms with Gasteiger partial charge in [-0.15, -0.1) is 0 Å². The van der Waals surface area contributed by atoms with Crippen LogP contribution in [-0.2, 0) is 23.2 Å². The molecule has 1 spiro atoms. The monoisotopic (exact) mass is 363 g/mol. The zero-order valence-corrected chi connectivity index (χ0v) is 14.7. The average molecular weight is 363 g/mol. The normalized spacial score (nSPS) is 17.7. The average Bonchev–Trinajstić information content (AvgIpc) is 3.21. The van der Waals surface area contributed by atoms with Crippen molar-refractivity contribution in [3.05, 3.63) is 46.8 Å². The van der Waals surface area contributed by atoms with E-state index in [4.69, 9.17) is 0 Å². The predicted molar refractivity (Wildman–Crippen MR) is 91.2 cm³/mol. The summed E-state index contributed by atoms with van der Waals surface area (Å²) in [6, 6.07) is 7.93. The predicted octanol–water partition coefficient (Wildman–Crippen LogP) is 3.68. The van der Waals surface area contributed by atoms with Gasteiger partial charge in [0.1, 0.15) is 6.54 Å². The first-order valence-electron chi connectivity index (χ1n) is 8.70. The maximum atomic E-state index is 13.0. The molecule has 0 unspecified atom stereocenters. The molecule has 4 rings (SSSR count). The zero-order chi connectivity index (χ0) is 18.7. The van der Waals surface area contributed by atoms with Crippen LogP contribution in [-0.4, -0.2) is 28.4 Å². The number of halogens is 3.